The van der Waals surface area contributed by atoms with E-state index in [9.17, 15) is 9.59 Å². The number of esters is 1. The number of hydrogen-bond acceptors (Lipinski definition) is 7. The van der Waals surface area contributed by atoms with Gasteiger partial charge in [0.25, 0.3) is 5.91 Å². The number of benzene rings is 1. The average molecular weight is 440 g/mol. The number of primary amides is 1. The standard InChI is InChI=1S/C24H28N2O6/c1-29-18-7-13(8-19(30-2)21(18)31-12-20(25)27)6-17-22(28)32-23(26-17)24-9-14-3-15(10-24)5-16(4-14)11-24/h6-8,14-16H,3-5,9-12H2,1-2H3,(H2,25,27)/b17-6-. The zero-order valence-corrected chi connectivity index (χ0v) is 18.4. The summed E-state index contributed by atoms with van der Waals surface area (Å²) in [5.41, 5.74) is 6.01. The number of rotatable bonds is 7. The molecule has 8 heteroatoms. The molecule has 6 rings (SSSR count). The predicted octanol–water partition coefficient (Wildman–Crippen LogP) is 3.08. The molecule has 2 N–H and O–H groups in total. The minimum atomic E-state index is -0.611. The summed E-state index contributed by atoms with van der Waals surface area (Å²) < 4.78 is 22.0. The van der Waals surface area contributed by atoms with Crippen molar-refractivity contribution in [2.75, 3.05) is 20.8 Å². The molecule has 0 spiro atoms. The molecule has 4 saturated carbocycles. The summed E-state index contributed by atoms with van der Waals surface area (Å²) in [4.78, 5) is 28.5. The van der Waals surface area contributed by atoms with Crippen LogP contribution in [0.4, 0.5) is 0 Å². The van der Waals surface area contributed by atoms with Gasteiger partial charge in [0.05, 0.1) is 14.2 Å². The molecule has 4 fully saturated rings. The highest BCUT2D eigenvalue weighted by Crippen LogP contribution is 2.61. The van der Waals surface area contributed by atoms with Gasteiger partial charge in [-0.05, 0) is 80.1 Å². The summed E-state index contributed by atoms with van der Waals surface area (Å²) in [6, 6.07) is 3.38. The Morgan fingerprint density at radius 3 is 2.19 bits per heavy atom. The molecule has 1 aromatic rings. The number of hydrogen-bond donors (Lipinski definition) is 1. The smallest absolute Gasteiger partial charge is 0.363 e. The third-order valence-electron chi connectivity index (χ3n) is 7.26. The molecule has 1 aromatic carbocycles. The van der Waals surface area contributed by atoms with Crippen molar-refractivity contribution in [2.24, 2.45) is 33.9 Å². The minimum Gasteiger partial charge on any atom is -0.493 e. The molecule has 0 unspecified atom stereocenters. The lowest BCUT2D eigenvalue weighted by atomic mass is 9.49. The van der Waals surface area contributed by atoms with Gasteiger partial charge in [0.2, 0.25) is 11.6 Å². The topological polar surface area (TPSA) is 109 Å². The van der Waals surface area contributed by atoms with Crippen molar-refractivity contribution in [2.45, 2.75) is 38.5 Å². The zero-order valence-electron chi connectivity index (χ0n) is 18.4. The van der Waals surface area contributed by atoms with E-state index in [4.69, 9.17) is 24.7 Å². The summed E-state index contributed by atoms with van der Waals surface area (Å²) >= 11 is 0. The van der Waals surface area contributed by atoms with Crippen molar-refractivity contribution in [3.8, 4) is 17.2 Å². The number of carbonyl (C=O) groups excluding carboxylic acids is 2. The first-order valence-electron chi connectivity index (χ1n) is 11.1. The maximum atomic E-state index is 12.7. The quantitative estimate of drug-likeness (QED) is 0.515. The molecular formula is C24H28N2O6. The molecule has 8 nitrogen and oxygen atoms in total. The van der Waals surface area contributed by atoms with E-state index in [1.54, 1.807) is 18.2 Å². The van der Waals surface area contributed by atoms with Crippen molar-refractivity contribution < 1.29 is 28.5 Å². The van der Waals surface area contributed by atoms with E-state index in [1.165, 1.54) is 33.5 Å². The molecule has 0 saturated heterocycles. The van der Waals surface area contributed by atoms with Crippen molar-refractivity contribution in [3.63, 3.8) is 0 Å². The van der Waals surface area contributed by atoms with Crippen LogP contribution in [0, 0.1) is 23.2 Å². The normalized spacial score (nSPS) is 31.4. The zero-order chi connectivity index (χ0) is 22.5. The Morgan fingerprint density at radius 1 is 1.12 bits per heavy atom. The Labute approximate surface area is 186 Å². The highest BCUT2D eigenvalue weighted by molar-refractivity contribution is 6.09. The van der Waals surface area contributed by atoms with Crippen molar-refractivity contribution in [1.82, 2.24) is 0 Å². The Kier molecular flexibility index (Phi) is 5.10. The Bertz CT molecular complexity index is 967. The van der Waals surface area contributed by atoms with Crippen molar-refractivity contribution in [1.29, 1.82) is 0 Å². The van der Waals surface area contributed by atoms with Gasteiger partial charge in [0.15, 0.2) is 23.8 Å². The largest absolute Gasteiger partial charge is 0.493 e. The molecular weight excluding hydrogens is 412 g/mol. The van der Waals surface area contributed by atoms with Crippen LogP contribution in [0.25, 0.3) is 6.08 Å². The lowest BCUT2D eigenvalue weighted by molar-refractivity contribution is -0.131. The van der Waals surface area contributed by atoms with Gasteiger partial charge in [-0.25, -0.2) is 9.79 Å². The number of amides is 1. The number of methoxy groups -OCH3 is 2. The number of ether oxygens (including phenoxy) is 4. The molecule has 1 aliphatic heterocycles. The van der Waals surface area contributed by atoms with E-state index in [0.717, 1.165) is 37.0 Å². The van der Waals surface area contributed by atoms with Gasteiger partial charge in [-0.2, -0.15) is 0 Å². The van der Waals surface area contributed by atoms with Crippen LogP contribution in [0.1, 0.15) is 44.1 Å². The summed E-state index contributed by atoms with van der Waals surface area (Å²) in [6.07, 6.45) is 8.83. The monoisotopic (exact) mass is 440 g/mol. The summed E-state index contributed by atoms with van der Waals surface area (Å²) in [7, 11) is 2.96. The summed E-state index contributed by atoms with van der Waals surface area (Å²) in [5, 5.41) is 0. The third-order valence-corrected chi connectivity index (χ3v) is 7.26. The molecule has 1 heterocycles. The minimum absolute atomic E-state index is 0.0815. The molecule has 1 amide bonds. The molecule has 0 atom stereocenters. The van der Waals surface area contributed by atoms with Crippen LogP contribution in [0.3, 0.4) is 0 Å². The summed E-state index contributed by atoms with van der Waals surface area (Å²) in [5.74, 6) is 2.74. The van der Waals surface area contributed by atoms with Crippen LogP contribution in [0.2, 0.25) is 0 Å². The van der Waals surface area contributed by atoms with Crippen LogP contribution in [-0.2, 0) is 14.3 Å². The van der Waals surface area contributed by atoms with Gasteiger partial charge in [0, 0.05) is 5.41 Å². The average Bonchev–Trinajstić information content (AvgIpc) is 3.12. The summed E-state index contributed by atoms with van der Waals surface area (Å²) in [6.45, 7) is -0.307. The first-order valence-corrected chi connectivity index (χ1v) is 11.1. The Hall–Kier alpha value is -3.03. The van der Waals surface area contributed by atoms with Crippen molar-refractivity contribution in [3.05, 3.63) is 23.4 Å². The Morgan fingerprint density at radius 2 is 1.69 bits per heavy atom. The van der Waals surface area contributed by atoms with Gasteiger partial charge in [-0.1, -0.05) is 0 Å². The molecule has 170 valence electrons. The second-order valence-corrected chi connectivity index (χ2v) is 9.54. The van der Waals surface area contributed by atoms with Crippen LogP contribution >= 0.6 is 0 Å². The lowest BCUT2D eigenvalue weighted by Crippen LogP contribution is -2.50. The number of nitrogens with zero attached hydrogens (tertiary/aromatic N) is 1. The number of carbonyl (C=O) groups is 2. The van der Waals surface area contributed by atoms with E-state index in [-0.39, 0.29) is 23.5 Å². The molecule has 4 bridgehead atoms. The fraction of sp³-hybridized carbons (Fsp3) is 0.542. The number of nitrogens with two attached hydrogens (primary N) is 1. The van der Waals surface area contributed by atoms with Gasteiger partial charge >= 0.3 is 5.97 Å². The van der Waals surface area contributed by atoms with E-state index in [1.807, 2.05) is 0 Å². The van der Waals surface area contributed by atoms with Gasteiger partial charge in [-0.15, -0.1) is 0 Å². The fourth-order valence-corrected chi connectivity index (χ4v) is 6.44. The Balaban J connectivity index is 1.45. The maximum absolute atomic E-state index is 12.7. The SMILES string of the molecule is COc1cc(/C=C2\N=C(C34CC5CC(CC(C5)C3)C4)OC2=O)cc(OC)c1OCC(N)=O. The van der Waals surface area contributed by atoms with Crippen LogP contribution < -0.4 is 19.9 Å². The highest BCUT2D eigenvalue weighted by Gasteiger charge is 2.55. The van der Waals surface area contributed by atoms with E-state index in [2.05, 4.69) is 4.99 Å². The molecule has 32 heavy (non-hydrogen) atoms. The van der Waals surface area contributed by atoms with Crippen LogP contribution in [0.15, 0.2) is 22.8 Å². The predicted molar refractivity (Wildman–Crippen MR) is 116 cm³/mol. The fourth-order valence-electron chi connectivity index (χ4n) is 6.44. The highest BCUT2D eigenvalue weighted by atomic mass is 16.6. The molecule has 4 aliphatic carbocycles. The second-order valence-electron chi connectivity index (χ2n) is 9.54. The molecule has 0 radical (unpaired) electrons. The number of aliphatic imine (C=N–C) groups is 1. The van der Waals surface area contributed by atoms with Crippen LogP contribution in [-0.4, -0.2) is 38.6 Å². The second kappa shape index (κ2) is 7.83. The van der Waals surface area contributed by atoms with Gasteiger partial charge < -0.3 is 24.7 Å². The van der Waals surface area contributed by atoms with Crippen LogP contribution in [0.5, 0.6) is 17.2 Å². The van der Waals surface area contributed by atoms with Gasteiger partial charge in [-0.3, -0.25) is 4.79 Å². The lowest BCUT2D eigenvalue weighted by Gasteiger charge is -2.55. The molecule has 0 aromatic heterocycles. The van der Waals surface area contributed by atoms with Gasteiger partial charge in [0.1, 0.15) is 0 Å². The number of cyclic esters (lactones) is 1. The van der Waals surface area contributed by atoms with E-state index in [0.29, 0.717) is 23.0 Å². The van der Waals surface area contributed by atoms with E-state index >= 15 is 0 Å². The van der Waals surface area contributed by atoms with Crippen molar-refractivity contribution >= 4 is 23.9 Å². The first kappa shape index (κ1) is 20.8. The first-order chi connectivity index (χ1) is 15.4. The third kappa shape index (κ3) is 3.61. The molecule has 5 aliphatic rings. The maximum Gasteiger partial charge on any atom is 0.363 e. The van der Waals surface area contributed by atoms with E-state index < -0.39 is 11.9 Å².